The first-order valence-corrected chi connectivity index (χ1v) is 11.4. The van der Waals surface area contributed by atoms with Crippen molar-refractivity contribution >= 4 is 29.2 Å². The minimum Gasteiger partial charge on any atom is -0.369 e. The van der Waals surface area contributed by atoms with Crippen molar-refractivity contribution in [2.45, 2.75) is 39.8 Å². The highest BCUT2D eigenvalue weighted by atomic mass is 19.2. The molecule has 1 amide bonds. The van der Waals surface area contributed by atoms with Crippen LogP contribution in [0.3, 0.4) is 0 Å². The van der Waals surface area contributed by atoms with E-state index in [9.17, 15) is 9.28 Å². The van der Waals surface area contributed by atoms with Gasteiger partial charge < -0.3 is 27.8 Å². The Morgan fingerprint density at radius 1 is 0.838 bits per heavy atom. The van der Waals surface area contributed by atoms with Crippen molar-refractivity contribution in [1.29, 1.82) is 0 Å². The zero-order valence-corrected chi connectivity index (χ0v) is 22.0. The van der Waals surface area contributed by atoms with Crippen molar-refractivity contribution in [2.75, 3.05) is 14.1 Å². The summed E-state index contributed by atoms with van der Waals surface area (Å²) in [6.45, 7) is 7.29. The molecule has 0 heterocycles. The van der Waals surface area contributed by atoms with Crippen molar-refractivity contribution in [1.82, 2.24) is 10.0 Å². The maximum atomic E-state index is 14.0. The van der Waals surface area contributed by atoms with Crippen LogP contribution in [0, 0.1) is 0 Å². The van der Waals surface area contributed by atoms with Crippen LogP contribution in [-0.4, -0.2) is 53.4 Å². The summed E-state index contributed by atoms with van der Waals surface area (Å²) in [6.07, 6.45) is 0. The number of hydrogen-bond donors (Lipinski definition) is 4. The molecule has 0 spiro atoms. The van der Waals surface area contributed by atoms with Crippen molar-refractivity contribution in [3.8, 4) is 0 Å². The van der Waals surface area contributed by atoms with Crippen LogP contribution in [0.5, 0.6) is 0 Å². The van der Waals surface area contributed by atoms with Crippen molar-refractivity contribution < 1.29 is 9.28 Å². The van der Waals surface area contributed by atoms with Gasteiger partial charge in [-0.2, -0.15) is 10.2 Å². The highest BCUT2D eigenvalue weighted by molar-refractivity contribution is 6.07. The molecule has 0 aromatic heterocycles. The van der Waals surface area contributed by atoms with E-state index >= 15 is 0 Å². The smallest absolute Gasteiger partial charge is 0.253 e. The normalized spacial score (nSPS) is 12.3. The van der Waals surface area contributed by atoms with Crippen LogP contribution in [0.25, 0.3) is 0 Å². The van der Waals surface area contributed by atoms with Crippen LogP contribution in [-0.2, 0) is 12.1 Å². The summed E-state index contributed by atoms with van der Waals surface area (Å²) in [5, 5.41) is 16.1. The molecule has 0 fully saturated rings. The largest absolute Gasteiger partial charge is 0.369 e. The summed E-state index contributed by atoms with van der Waals surface area (Å²) in [6, 6.07) is 12.6. The highest BCUT2D eigenvalue weighted by Crippen LogP contribution is 2.27. The minimum atomic E-state index is -0.819. The molecular weight excluding hydrogens is 475 g/mol. The van der Waals surface area contributed by atoms with E-state index in [0.29, 0.717) is 39.8 Å². The minimum absolute atomic E-state index is 0.193. The van der Waals surface area contributed by atoms with Crippen LogP contribution >= 0.6 is 0 Å². The number of nitrogens with two attached hydrogens (primary N) is 4. The van der Waals surface area contributed by atoms with E-state index < -0.39 is 5.54 Å². The van der Waals surface area contributed by atoms with Crippen LogP contribution in [0.15, 0.2) is 62.9 Å². The Morgan fingerprint density at radius 2 is 1.32 bits per heavy atom. The lowest BCUT2D eigenvalue weighted by atomic mass is 9.92. The van der Waals surface area contributed by atoms with Crippen LogP contribution < -0.4 is 22.9 Å². The molecule has 2 aromatic rings. The van der Waals surface area contributed by atoms with E-state index in [4.69, 9.17) is 22.9 Å². The zero-order chi connectivity index (χ0) is 27.9. The van der Waals surface area contributed by atoms with E-state index in [1.54, 1.807) is 57.8 Å². The maximum Gasteiger partial charge on any atom is 0.253 e. The first-order valence-electron chi connectivity index (χ1n) is 11.4. The van der Waals surface area contributed by atoms with Gasteiger partial charge in [0.1, 0.15) is 0 Å². The van der Waals surface area contributed by atoms with Gasteiger partial charge in [0.15, 0.2) is 0 Å². The lowest BCUT2D eigenvalue weighted by molar-refractivity contribution is -0.0441. The Balaban J connectivity index is 2.47. The molecule has 11 nitrogen and oxygen atoms in total. The third kappa shape index (κ3) is 7.84. The summed E-state index contributed by atoms with van der Waals surface area (Å²) in [5.74, 6) is -0.637. The number of hydrogen-bond acceptors (Lipinski definition) is 6. The third-order valence-corrected chi connectivity index (χ3v) is 5.82. The molecule has 2 aromatic carbocycles. The van der Waals surface area contributed by atoms with Crippen LogP contribution in [0.4, 0.5) is 4.48 Å². The van der Waals surface area contributed by atoms with Gasteiger partial charge in [0.05, 0.1) is 17.0 Å². The number of rotatable bonds is 9. The first kappa shape index (κ1) is 28.9. The topological polar surface area (TPSA) is 177 Å². The molecular formula is C25H35FN10O. The average Bonchev–Trinajstić information content (AvgIpc) is 2.84. The van der Waals surface area contributed by atoms with Gasteiger partial charge in [0.25, 0.3) is 5.91 Å². The molecule has 0 unspecified atom stereocenters. The summed E-state index contributed by atoms with van der Waals surface area (Å²) in [5.41, 5.74) is 24.9. The van der Waals surface area contributed by atoms with Gasteiger partial charge in [-0.1, -0.05) is 24.3 Å². The molecule has 8 N–H and O–H groups in total. The Hall–Kier alpha value is -4.32. The second kappa shape index (κ2) is 12.1. The van der Waals surface area contributed by atoms with Crippen molar-refractivity contribution in [3.05, 3.63) is 70.3 Å². The number of benzene rings is 2. The molecule has 0 atom stereocenters. The lowest BCUT2D eigenvalue weighted by Crippen LogP contribution is -2.32. The predicted octanol–water partition coefficient (Wildman–Crippen LogP) is 2.01. The SMILES string of the molecule is C/C(=N/N=C(N)N)c1cc(C(=O)N(C)Cc2cccc(C(C)(C)N(C)F)c2)cc(/C(C)=N\N=C(N)N)c1. The second-order valence-electron chi connectivity index (χ2n) is 9.12. The number of amides is 1. The molecule has 0 radical (unpaired) electrons. The van der Waals surface area contributed by atoms with Crippen molar-refractivity contribution in [2.24, 2.45) is 43.3 Å². The molecule has 0 aliphatic carbocycles. The average molecular weight is 511 g/mol. The fraction of sp³-hybridized carbons (Fsp3) is 0.320. The number of guanidine groups is 2. The van der Waals surface area contributed by atoms with Gasteiger partial charge in [0.2, 0.25) is 11.9 Å². The molecule has 0 saturated heterocycles. The van der Waals surface area contributed by atoms with Gasteiger partial charge in [-0.15, -0.1) is 19.8 Å². The Labute approximate surface area is 216 Å². The number of carbonyl (C=O) groups excluding carboxylic acids is 1. The van der Waals surface area contributed by atoms with E-state index in [1.165, 1.54) is 7.05 Å². The summed E-state index contributed by atoms with van der Waals surface area (Å²) in [7, 11) is 3.07. The molecule has 0 bridgehead atoms. The number of nitrogens with zero attached hydrogens (tertiary/aromatic N) is 6. The monoisotopic (exact) mass is 510 g/mol. The molecule has 0 aliphatic heterocycles. The van der Waals surface area contributed by atoms with Gasteiger partial charge >= 0.3 is 0 Å². The quantitative estimate of drug-likeness (QED) is 0.173. The molecule has 198 valence electrons. The molecule has 0 aliphatic rings. The Kier molecular flexibility index (Phi) is 9.44. The molecule has 0 saturated carbocycles. The molecule has 2 rings (SSSR count). The van der Waals surface area contributed by atoms with E-state index in [0.717, 1.165) is 11.1 Å². The summed E-state index contributed by atoms with van der Waals surface area (Å²) >= 11 is 0. The van der Waals surface area contributed by atoms with Crippen LogP contribution in [0.1, 0.15) is 60.3 Å². The van der Waals surface area contributed by atoms with Gasteiger partial charge in [0, 0.05) is 26.2 Å². The molecule has 37 heavy (non-hydrogen) atoms. The van der Waals surface area contributed by atoms with Gasteiger partial charge in [-0.3, -0.25) is 4.79 Å². The second-order valence-corrected chi connectivity index (χ2v) is 9.12. The van der Waals surface area contributed by atoms with E-state index in [1.807, 2.05) is 24.3 Å². The van der Waals surface area contributed by atoms with Crippen molar-refractivity contribution in [3.63, 3.8) is 0 Å². The Bertz CT molecular complexity index is 1200. The number of carbonyl (C=O) groups is 1. The Morgan fingerprint density at radius 3 is 1.78 bits per heavy atom. The summed E-state index contributed by atoms with van der Waals surface area (Å²) in [4.78, 5) is 15.0. The fourth-order valence-corrected chi connectivity index (χ4v) is 3.34. The highest BCUT2D eigenvalue weighted by Gasteiger charge is 2.26. The van der Waals surface area contributed by atoms with Gasteiger partial charge in [-0.25, -0.2) is 0 Å². The van der Waals surface area contributed by atoms with E-state index in [2.05, 4.69) is 20.4 Å². The van der Waals surface area contributed by atoms with Gasteiger partial charge in [-0.05, 0) is 68.1 Å². The maximum absolute atomic E-state index is 14.0. The van der Waals surface area contributed by atoms with Crippen LogP contribution in [0.2, 0.25) is 0 Å². The zero-order valence-electron chi connectivity index (χ0n) is 22.0. The first-order chi connectivity index (χ1) is 17.2. The van der Waals surface area contributed by atoms with E-state index in [-0.39, 0.29) is 17.8 Å². The predicted molar refractivity (Wildman–Crippen MR) is 147 cm³/mol. The number of halogens is 1. The lowest BCUT2D eigenvalue weighted by Gasteiger charge is -2.29. The summed E-state index contributed by atoms with van der Waals surface area (Å²) < 4.78 is 14.0. The molecule has 12 heteroatoms. The fourth-order valence-electron chi connectivity index (χ4n) is 3.34. The standard InChI is InChI=1S/C25H35FN10O/c1-15(31-33-23(27)28)18-11-19(16(2)32-34-24(29)30)13-20(12-18)22(37)35(5)14-17-8-7-9-21(10-17)25(3,4)36(6)26/h7-13H,14H2,1-6H3,(H4,27,28,33)(H4,29,30,34)/b31-15-,32-16-. The third-order valence-electron chi connectivity index (χ3n) is 5.82.